The number of hydrogen-bond acceptors (Lipinski definition) is 7. The maximum Gasteiger partial charge on any atom is 0.244 e. The van der Waals surface area contributed by atoms with Crippen LogP contribution in [0.5, 0.6) is 5.75 Å². The predicted molar refractivity (Wildman–Crippen MR) is 130 cm³/mol. The highest BCUT2D eigenvalue weighted by atomic mass is 16.3. The van der Waals surface area contributed by atoms with Gasteiger partial charge in [0.05, 0.1) is 12.6 Å². The molecule has 2 aromatic carbocycles. The number of carbonyl (C=O) groups is 4. The number of hydrogen-bond donors (Lipinski definition) is 7. The largest absolute Gasteiger partial charge is 0.508 e. The first kappa shape index (κ1) is 27.3. The SMILES string of the molecule is CNC[C@@H](NC(=O)[C@@H](N)Cc1ccc(O)cc1)C(=O)NCC(=O)N[C@@H](Cc1ccccc1)C(N)=O. The Kier molecular flexibility index (Phi) is 10.7. The molecule has 11 nitrogen and oxygen atoms in total. The minimum atomic E-state index is -0.984. The molecule has 0 aliphatic rings. The fourth-order valence-electron chi connectivity index (χ4n) is 3.28. The molecule has 0 unspecified atom stereocenters. The first-order chi connectivity index (χ1) is 16.7. The number of aromatic hydroxyl groups is 1. The molecule has 0 radical (unpaired) electrons. The van der Waals surface area contributed by atoms with Gasteiger partial charge in [0, 0.05) is 13.0 Å². The van der Waals surface area contributed by atoms with Gasteiger partial charge in [-0.15, -0.1) is 0 Å². The number of primary amides is 1. The van der Waals surface area contributed by atoms with E-state index < -0.39 is 48.3 Å². The lowest BCUT2D eigenvalue weighted by Crippen LogP contribution is -2.56. The quantitative estimate of drug-likeness (QED) is 0.176. The van der Waals surface area contributed by atoms with E-state index in [2.05, 4.69) is 21.3 Å². The van der Waals surface area contributed by atoms with Gasteiger partial charge in [-0.05, 0) is 36.7 Å². The first-order valence-electron chi connectivity index (χ1n) is 11.1. The van der Waals surface area contributed by atoms with Gasteiger partial charge < -0.3 is 37.8 Å². The van der Waals surface area contributed by atoms with Crippen molar-refractivity contribution in [1.29, 1.82) is 0 Å². The third kappa shape index (κ3) is 9.43. The van der Waals surface area contributed by atoms with E-state index >= 15 is 0 Å². The Morgan fingerprint density at radius 1 is 0.857 bits per heavy atom. The van der Waals surface area contributed by atoms with Crippen molar-refractivity contribution in [2.45, 2.75) is 31.0 Å². The smallest absolute Gasteiger partial charge is 0.244 e. The minimum absolute atomic E-state index is 0.100. The topological polar surface area (TPSA) is 189 Å². The summed E-state index contributed by atoms with van der Waals surface area (Å²) in [7, 11) is 1.61. The highest BCUT2D eigenvalue weighted by Gasteiger charge is 2.25. The highest BCUT2D eigenvalue weighted by Crippen LogP contribution is 2.11. The number of phenols is 1. The third-order valence-corrected chi connectivity index (χ3v) is 5.15. The monoisotopic (exact) mass is 484 g/mol. The molecule has 2 aromatic rings. The van der Waals surface area contributed by atoms with Gasteiger partial charge >= 0.3 is 0 Å². The van der Waals surface area contributed by atoms with Crippen LogP contribution in [0.3, 0.4) is 0 Å². The standard InChI is InChI=1S/C24H32N6O5/c1-27-13-20(30-23(34)18(25)11-16-7-9-17(31)10-8-16)24(35)28-14-21(32)29-19(22(26)33)12-15-5-3-2-4-6-15/h2-10,18-20,27,31H,11-14,25H2,1H3,(H2,26,33)(H,28,35)(H,29,32)(H,30,34)/t18-,19-,20+/m0/s1. The molecular weight excluding hydrogens is 452 g/mol. The Hall–Kier alpha value is -3.96. The van der Waals surface area contributed by atoms with Gasteiger partial charge in [-0.25, -0.2) is 0 Å². The Balaban J connectivity index is 1.87. The maximum atomic E-state index is 12.6. The van der Waals surface area contributed by atoms with Crippen LogP contribution in [0.25, 0.3) is 0 Å². The van der Waals surface area contributed by atoms with E-state index in [9.17, 15) is 24.3 Å². The molecule has 9 N–H and O–H groups in total. The van der Waals surface area contributed by atoms with Gasteiger partial charge in [0.2, 0.25) is 23.6 Å². The van der Waals surface area contributed by atoms with Crippen molar-refractivity contribution in [3.8, 4) is 5.75 Å². The van der Waals surface area contributed by atoms with E-state index in [1.165, 1.54) is 12.1 Å². The summed E-state index contributed by atoms with van der Waals surface area (Å²) in [6.07, 6.45) is 0.422. The van der Waals surface area contributed by atoms with E-state index in [1.54, 1.807) is 31.3 Å². The first-order valence-corrected chi connectivity index (χ1v) is 11.1. The Bertz CT molecular complexity index is 999. The Labute approximate surface area is 203 Å². The van der Waals surface area contributed by atoms with Crippen molar-refractivity contribution in [2.24, 2.45) is 11.5 Å². The molecular formula is C24H32N6O5. The lowest BCUT2D eigenvalue weighted by molar-refractivity contribution is -0.131. The second kappa shape index (κ2) is 13.7. The van der Waals surface area contributed by atoms with Crippen LogP contribution in [0.1, 0.15) is 11.1 Å². The van der Waals surface area contributed by atoms with Gasteiger partial charge in [0.25, 0.3) is 0 Å². The summed E-state index contributed by atoms with van der Waals surface area (Å²) in [6.45, 7) is -0.309. The van der Waals surface area contributed by atoms with E-state index in [0.717, 1.165) is 11.1 Å². The number of benzene rings is 2. The Morgan fingerprint density at radius 3 is 2.09 bits per heavy atom. The number of likely N-dealkylation sites (N-methyl/N-ethyl adjacent to an activating group) is 1. The molecule has 0 saturated carbocycles. The number of phenolic OH excluding ortho intramolecular Hbond substituents is 1. The molecule has 0 saturated heterocycles. The van der Waals surface area contributed by atoms with Crippen LogP contribution >= 0.6 is 0 Å². The molecule has 35 heavy (non-hydrogen) atoms. The molecule has 0 aliphatic heterocycles. The molecule has 0 fully saturated rings. The van der Waals surface area contributed by atoms with Crippen molar-refractivity contribution in [3.05, 3.63) is 65.7 Å². The van der Waals surface area contributed by atoms with Crippen LogP contribution in [0, 0.1) is 0 Å². The second-order valence-corrected chi connectivity index (χ2v) is 8.03. The van der Waals surface area contributed by atoms with E-state index in [4.69, 9.17) is 11.5 Å². The lowest BCUT2D eigenvalue weighted by Gasteiger charge is -2.21. The molecule has 0 spiro atoms. The second-order valence-electron chi connectivity index (χ2n) is 8.03. The van der Waals surface area contributed by atoms with E-state index in [1.807, 2.05) is 18.2 Å². The van der Waals surface area contributed by atoms with Crippen molar-refractivity contribution >= 4 is 23.6 Å². The number of carbonyl (C=O) groups excluding carboxylic acids is 4. The summed E-state index contributed by atoms with van der Waals surface area (Å²) in [5, 5.41) is 19.7. The molecule has 0 heterocycles. The molecule has 4 amide bonds. The predicted octanol–water partition coefficient (Wildman–Crippen LogP) is -1.70. The molecule has 188 valence electrons. The molecule has 11 heteroatoms. The van der Waals surface area contributed by atoms with Crippen LogP contribution in [-0.2, 0) is 32.0 Å². The average Bonchev–Trinajstić information content (AvgIpc) is 2.83. The highest BCUT2D eigenvalue weighted by molar-refractivity contribution is 5.93. The summed E-state index contributed by atoms with van der Waals surface area (Å²) < 4.78 is 0. The molecule has 0 bridgehead atoms. The van der Waals surface area contributed by atoms with Crippen LogP contribution in [0.15, 0.2) is 54.6 Å². The van der Waals surface area contributed by atoms with Crippen LogP contribution in [-0.4, -0.2) is 67.0 Å². The maximum absolute atomic E-state index is 12.6. The Morgan fingerprint density at radius 2 is 1.49 bits per heavy atom. The minimum Gasteiger partial charge on any atom is -0.508 e. The van der Waals surface area contributed by atoms with E-state index in [0.29, 0.717) is 0 Å². The normalized spacial score (nSPS) is 13.2. The van der Waals surface area contributed by atoms with Crippen LogP contribution in [0.2, 0.25) is 0 Å². The fraction of sp³-hybridized carbons (Fsp3) is 0.333. The van der Waals surface area contributed by atoms with Gasteiger partial charge in [0.15, 0.2) is 0 Å². The zero-order chi connectivity index (χ0) is 25.8. The summed E-state index contributed by atoms with van der Waals surface area (Å²) in [5.41, 5.74) is 12.9. The van der Waals surface area contributed by atoms with Gasteiger partial charge in [-0.3, -0.25) is 19.2 Å². The molecule has 0 aliphatic carbocycles. The average molecular weight is 485 g/mol. The zero-order valence-electron chi connectivity index (χ0n) is 19.5. The number of nitrogens with two attached hydrogens (primary N) is 2. The molecule has 2 rings (SSSR count). The zero-order valence-corrected chi connectivity index (χ0v) is 19.5. The summed E-state index contributed by atoms with van der Waals surface area (Å²) in [6, 6.07) is 12.5. The molecule has 0 aromatic heterocycles. The van der Waals surface area contributed by atoms with E-state index in [-0.39, 0.29) is 25.1 Å². The van der Waals surface area contributed by atoms with Crippen molar-refractivity contribution < 1.29 is 24.3 Å². The van der Waals surface area contributed by atoms with Crippen molar-refractivity contribution in [3.63, 3.8) is 0 Å². The van der Waals surface area contributed by atoms with Crippen LogP contribution in [0.4, 0.5) is 0 Å². The van der Waals surface area contributed by atoms with Crippen molar-refractivity contribution in [2.75, 3.05) is 20.1 Å². The fourth-order valence-corrected chi connectivity index (χ4v) is 3.28. The van der Waals surface area contributed by atoms with Crippen LogP contribution < -0.4 is 32.7 Å². The number of nitrogens with one attached hydrogen (secondary N) is 4. The van der Waals surface area contributed by atoms with Crippen molar-refractivity contribution in [1.82, 2.24) is 21.3 Å². The lowest BCUT2D eigenvalue weighted by atomic mass is 10.1. The van der Waals surface area contributed by atoms with Gasteiger partial charge in [-0.2, -0.15) is 0 Å². The molecule has 3 atom stereocenters. The number of rotatable bonds is 13. The summed E-state index contributed by atoms with van der Waals surface area (Å²) in [4.78, 5) is 49.2. The number of amides is 4. The van der Waals surface area contributed by atoms with Gasteiger partial charge in [-0.1, -0.05) is 42.5 Å². The summed E-state index contributed by atoms with van der Waals surface area (Å²) in [5.74, 6) is -2.34. The van der Waals surface area contributed by atoms with Gasteiger partial charge in [0.1, 0.15) is 17.8 Å². The summed E-state index contributed by atoms with van der Waals surface area (Å²) >= 11 is 0. The third-order valence-electron chi connectivity index (χ3n) is 5.15.